The van der Waals surface area contributed by atoms with E-state index in [0.29, 0.717) is 31.5 Å². The molecule has 2 N–H and O–H groups in total. The zero-order valence-electron chi connectivity index (χ0n) is 12.8. The molecule has 0 aromatic rings. The predicted molar refractivity (Wildman–Crippen MR) is 77.3 cm³/mol. The summed E-state index contributed by atoms with van der Waals surface area (Å²) in [5.41, 5.74) is 0. The van der Waals surface area contributed by atoms with Gasteiger partial charge < -0.3 is 15.4 Å². The molecular weight excluding hydrogens is 258 g/mol. The Morgan fingerprint density at radius 1 is 1.20 bits per heavy atom. The Morgan fingerprint density at radius 3 is 2.40 bits per heavy atom. The maximum Gasteiger partial charge on any atom is 0.221 e. The van der Waals surface area contributed by atoms with Crippen LogP contribution in [0.25, 0.3) is 0 Å². The van der Waals surface area contributed by atoms with Crippen LogP contribution in [0.5, 0.6) is 0 Å². The molecule has 0 aromatic carbocycles. The Hall–Kier alpha value is -1.14. The molecule has 0 bridgehead atoms. The summed E-state index contributed by atoms with van der Waals surface area (Å²) in [6, 6.07) is 0.337. The lowest BCUT2D eigenvalue weighted by Gasteiger charge is -2.36. The second-order valence-corrected chi connectivity index (χ2v) is 5.50. The van der Waals surface area contributed by atoms with Crippen molar-refractivity contribution in [3.05, 3.63) is 0 Å². The van der Waals surface area contributed by atoms with Crippen LogP contribution in [-0.2, 0) is 14.3 Å². The fourth-order valence-corrected chi connectivity index (χ4v) is 2.35. The van der Waals surface area contributed by atoms with Crippen LogP contribution in [0.15, 0.2) is 0 Å². The number of nitrogens with zero attached hydrogens (tertiary/aromatic N) is 1. The SMILES string of the molecule is CC(=O)NCCC(=O)NCC(C(C)C)N1CCOCC1. The minimum absolute atomic E-state index is 0.0161. The monoisotopic (exact) mass is 285 g/mol. The van der Waals surface area contributed by atoms with Crippen LogP contribution in [-0.4, -0.2) is 62.1 Å². The Labute approximate surface area is 121 Å². The topological polar surface area (TPSA) is 70.7 Å². The van der Waals surface area contributed by atoms with Crippen molar-refractivity contribution < 1.29 is 14.3 Å². The van der Waals surface area contributed by atoms with E-state index in [1.54, 1.807) is 0 Å². The van der Waals surface area contributed by atoms with E-state index >= 15 is 0 Å². The largest absolute Gasteiger partial charge is 0.379 e. The Bertz CT molecular complexity index is 315. The van der Waals surface area contributed by atoms with Crippen LogP contribution in [0.3, 0.4) is 0 Å². The van der Waals surface area contributed by atoms with Gasteiger partial charge in [-0.1, -0.05) is 13.8 Å². The zero-order chi connectivity index (χ0) is 15.0. The first-order valence-corrected chi connectivity index (χ1v) is 7.33. The summed E-state index contributed by atoms with van der Waals surface area (Å²) in [7, 11) is 0. The van der Waals surface area contributed by atoms with Gasteiger partial charge >= 0.3 is 0 Å². The highest BCUT2D eigenvalue weighted by atomic mass is 16.5. The van der Waals surface area contributed by atoms with Crippen LogP contribution in [0.1, 0.15) is 27.2 Å². The molecule has 1 fully saturated rings. The first-order chi connectivity index (χ1) is 9.50. The maximum absolute atomic E-state index is 11.7. The van der Waals surface area contributed by atoms with Crippen LogP contribution >= 0.6 is 0 Å². The van der Waals surface area contributed by atoms with Gasteiger partial charge in [0.1, 0.15) is 0 Å². The number of hydrogen-bond acceptors (Lipinski definition) is 4. The maximum atomic E-state index is 11.7. The van der Waals surface area contributed by atoms with Crippen molar-refractivity contribution in [1.29, 1.82) is 0 Å². The second-order valence-electron chi connectivity index (χ2n) is 5.50. The van der Waals surface area contributed by atoms with Gasteiger partial charge in [-0.3, -0.25) is 14.5 Å². The molecule has 1 unspecified atom stereocenters. The standard InChI is InChI=1S/C14H27N3O3/c1-11(2)13(17-6-8-20-9-7-17)10-16-14(19)4-5-15-12(3)18/h11,13H,4-10H2,1-3H3,(H,15,18)(H,16,19). The quantitative estimate of drug-likeness (QED) is 0.690. The minimum Gasteiger partial charge on any atom is -0.379 e. The van der Waals surface area contributed by atoms with Gasteiger partial charge in [-0.05, 0) is 5.92 Å². The summed E-state index contributed by atoms with van der Waals surface area (Å²) in [4.78, 5) is 24.8. The van der Waals surface area contributed by atoms with Crippen molar-refractivity contribution in [2.75, 3.05) is 39.4 Å². The number of ether oxygens (including phenoxy) is 1. The Kier molecular flexibility index (Phi) is 7.54. The Balaban J connectivity index is 2.31. The smallest absolute Gasteiger partial charge is 0.221 e. The Morgan fingerprint density at radius 2 is 1.85 bits per heavy atom. The van der Waals surface area contributed by atoms with Gasteiger partial charge in [0.2, 0.25) is 11.8 Å². The number of carbonyl (C=O) groups is 2. The van der Waals surface area contributed by atoms with Gasteiger partial charge in [0.25, 0.3) is 0 Å². The molecule has 20 heavy (non-hydrogen) atoms. The number of amides is 2. The summed E-state index contributed by atoms with van der Waals surface area (Å²) < 4.78 is 5.36. The van der Waals surface area contributed by atoms with Crippen molar-refractivity contribution in [3.8, 4) is 0 Å². The van der Waals surface area contributed by atoms with Crippen LogP contribution in [0, 0.1) is 5.92 Å². The summed E-state index contributed by atoms with van der Waals surface area (Å²) in [5, 5.41) is 5.59. The second kappa shape index (κ2) is 8.92. The summed E-state index contributed by atoms with van der Waals surface area (Å²) in [6.07, 6.45) is 0.327. The van der Waals surface area contributed by atoms with Crippen molar-refractivity contribution in [1.82, 2.24) is 15.5 Å². The highest BCUT2D eigenvalue weighted by Crippen LogP contribution is 2.12. The van der Waals surface area contributed by atoms with Gasteiger partial charge in [0.05, 0.1) is 13.2 Å². The highest BCUT2D eigenvalue weighted by Gasteiger charge is 2.23. The van der Waals surface area contributed by atoms with E-state index in [0.717, 1.165) is 26.3 Å². The molecule has 0 saturated carbocycles. The number of morpholine rings is 1. The molecule has 6 nitrogen and oxygen atoms in total. The van der Waals surface area contributed by atoms with Gasteiger partial charge in [-0.25, -0.2) is 0 Å². The lowest BCUT2D eigenvalue weighted by molar-refractivity contribution is -0.122. The third-order valence-electron chi connectivity index (χ3n) is 3.52. The predicted octanol–water partition coefficient (Wildman–Crippen LogP) is -0.0144. The van der Waals surface area contributed by atoms with Gasteiger partial charge in [0, 0.05) is 45.6 Å². The molecule has 0 aliphatic carbocycles. The molecule has 0 aromatic heterocycles. The summed E-state index contributed by atoms with van der Waals surface area (Å²) in [5.74, 6) is 0.354. The first kappa shape index (κ1) is 16.9. The van der Waals surface area contributed by atoms with E-state index in [2.05, 4.69) is 29.4 Å². The third kappa shape index (κ3) is 6.34. The molecule has 0 spiro atoms. The molecule has 1 aliphatic rings. The lowest BCUT2D eigenvalue weighted by Crippen LogP contribution is -2.51. The third-order valence-corrected chi connectivity index (χ3v) is 3.52. The lowest BCUT2D eigenvalue weighted by atomic mass is 10.0. The highest BCUT2D eigenvalue weighted by molar-refractivity contribution is 5.77. The van der Waals surface area contributed by atoms with Crippen molar-refractivity contribution in [3.63, 3.8) is 0 Å². The molecule has 6 heteroatoms. The normalized spacial score (nSPS) is 17.8. The van der Waals surface area contributed by atoms with Crippen LogP contribution < -0.4 is 10.6 Å². The number of nitrogens with one attached hydrogen (secondary N) is 2. The van der Waals surface area contributed by atoms with Crippen LogP contribution in [0.4, 0.5) is 0 Å². The molecule has 1 saturated heterocycles. The number of rotatable bonds is 7. The first-order valence-electron chi connectivity index (χ1n) is 7.33. The molecule has 1 atom stereocenters. The summed E-state index contributed by atoms with van der Waals surface area (Å²) in [6.45, 7) is 10.2. The molecule has 2 amide bonds. The average Bonchev–Trinajstić information content (AvgIpc) is 2.39. The van der Waals surface area contributed by atoms with E-state index < -0.39 is 0 Å². The fraction of sp³-hybridized carbons (Fsp3) is 0.857. The van der Waals surface area contributed by atoms with Crippen molar-refractivity contribution in [2.45, 2.75) is 33.2 Å². The number of hydrogen-bond donors (Lipinski definition) is 2. The van der Waals surface area contributed by atoms with E-state index in [1.807, 2.05) is 0 Å². The van der Waals surface area contributed by atoms with Gasteiger partial charge in [-0.2, -0.15) is 0 Å². The average molecular weight is 285 g/mol. The fourth-order valence-electron chi connectivity index (χ4n) is 2.35. The molecule has 1 heterocycles. The van der Waals surface area contributed by atoms with Crippen molar-refractivity contribution in [2.24, 2.45) is 5.92 Å². The van der Waals surface area contributed by atoms with Gasteiger partial charge in [-0.15, -0.1) is 0 Å². The molecular formula is C14H27N3O3. The van der Waals surface area contributed by atoms with E-state index in [-0.39, 0.29) is 11.8 Å². The molecule has 1 rings (SSSR count). The number of carbonyl (C=O) groups excluding carboxylic acids is 2. The van der Waals surface area contributed by atoms with Crippen molar-refractivity contribution >= 4 is 11.8 Å². The van der Waals surface area contributed by atoms with E-state index in [4.69, 9.17) is 4.74 Å². The molecule has 116 valence electrons. The minimum atomic E-state index is -0.105. The molecule has 1 aliphatic heterocycles. The zero-order valence-corrected chi connectivity index (χ0v) is 12.8. The van der Waals surface area contributed by atoms with E-state index in [9.17, 15) is 9.59 Å². The van der Waals surface area contributed by atoms with E-state index in [1.165, 1.54) is 6.92 Å². The molecule has 0 radical (unpaired) electrons. The van der Waals surface area contributed by atoms with Crippen LogP contribution in [0.2, 0.25) is 0 Å². The van der Waals surface area contributed by atoms with Gasteiger partial charge in [0.15, 0.2) is 0 Å². The summed E-state index contributed by atoms with van der Waals surface area (Å²) >= 11 is 0.